The van der Waals surface area contributed by atoms with Crippen molar-refractivity contribution >= 4 is 17.5 Å². The summed E-state index contributed by atoms with van der Waals surface area (Å²) in [4.78, 5) is 16.0. The number of rotatable bonds is 8. The van der Waals surface area contributed by atoms with Gasteiger partial charge in [0.05, 0.1) is 6.04 Å². The van der Waals surface area contributed by atoms with E-state index in [1.807, 2.05) is 29.2 Å². The van der Waals surface area contributed by atoms with E-state index in [9.17, 15) is 4.79 Å². The molecule has 0 aromatic heterocycles. The fraction of sp³-hybridized carbons (Fsp3) is 0.522. The Labute approximate surface area is 183 Å². The summed E-state index contributed by atoms with van der Waals surface area (Å²) in [5.41, 5.74) is 3.86. The van der Waals surface area contributed by atoms with Crippen LogP contribution in [-0.4, -0.2) is 49.1 Å². The van der Waals surface area contributed by atoms with E-state index in [0.29, 0.717) is 24.0 Å². The molecule has 1 heterocycles. The largest absolute Gasteiger partial charge is 0.338 e. The molecular formula is C23H32ClN5O. The molecule has 1 saturated carbocycles. The topological polar surface area (TPSA) is 82.4 Å². The maximum absolute atomic E-state index is 14.1. The van der Waals surface area contributed by atoms with E-state index in [1.54, 1.807) is 0 Å². The molecule has 2 aliphatic carbocycles. The van der Waals surface area contributed by atoms with Gasteiger partial charge in [0, 0.05) is 31.2 Å². The minimum absolute atomic E-state index is 0.0209. The van der Waals surface area contributed by atoms with Gasteiger partial charge in [-0.15, -0.1) is 0 Å². The Morgan fingerprint density at radius 1 is 1.23 bits per heavy atom. The number of nitrogens with one attached hydrogen (secondary N) is 3. The summed E-state index contributed by atoms with van der Waals surface area (Å²) in [7, 11) is 0. The molecule has 30 heavy (non-hydrogen) atoms. The number of amides is 1. The normalized spacial score (nSPS) is 22.3. The van der Waals surface area contributed by atoms with Crippen LogP contribution in [0.5, 0.6) is 0 Å². The molecule has 1 saturated heterocycles. The Hall–Kier alpha value is -1.70. The summed E-state index contributed by atoms with van der Waals surface area (Å²) < 4.78 is 0. The first kappa shape index (κ1) is 21.5. The van der Waals surface area contributed by atoms with Gasteiger partial charge in [0.2, 0.25) is 0 Å². The van der Waals surface area contributed by atoms with E-state index in [-0.39, 0.29) is 11.9 Å². The molecule has 2 atom stereocenters. The number of piperazine rings is 1. The summed E-state index contributed by atoms with van der Waals surface area (Å²) in [5, 5.41) is 7.71. The van der Waals surface area contributed by atoms with Crippen molar-refractivity contribution in [1.29, 1.82) is 0 Å². The van der Waals surface area contributed by atoms with Gasteiger partial charge in [0.25, 0.3) is 5.91 Å². The van der Waals surface area contributed by atoms with Crippen molar-refractivity contribution in [3.05, 3.63) is 58.7 Å². The van der Waals surface area contributed by atoms with E-state index in [1.165, 1.54) is 12.8 Å². The third kappa shape index (κ3) is 4.48. The number of nitrogens with two attached hydrogens (primary N) is 1. The maximum Gasteiger partial charge on any atom is 0.250 e. The van der Waals surface area contributed by atoms with Gasteiger partial charge in [-0.2, -0.15) is 0 Å². The highest BCUT2D eigenvalue weighted by Crippen LogP contribution is 2.38. The van der Waals surface area contributed by atoms with Crippen molar-refractivity contribution in [3.63, 3.8) is 0 Å². The molecule has 0 bridgehead atoms. The molecule has 1 amide bonds. The van der Waals surface area contributed by atoms with Crippen LogP contribution in [0, 0.1) is 5.92 Å². The van der Waals surface area contributed by atoms with Crippen LogP contribution in [0.2, 0.25) is 5.02 Å². The Kier molecular flexibility index (Phi) is 6.91. The summed E-state index contributed by atoms with van der Waals surface area (Å²) >= 11 is 6.17. The van der Waals surface area contributed by atoms with Crippen LogP contribution in [0.3, 0.4) is 0 Å². The zero-order valence-corrected chi connectivity index (χ0v) is 18.1. The van der Waals surface area contributed by atoms with Crippen LogP contribution in [0.25, 0.3) is 0 Å². The SMILES string of the molecule is NNC(C(=O)N1CCNCC1)(C1=CCCC=C1)C(NCC1CC1)c1ccc(Cl)cc1. The standard InChI is InChI=1S/C23H32ClN5O/c24-20-10-8-18(9-11-20)21(27-16-17-6-7-17)23(28-25,19-4-2-1-3-5-19)22(30)29-14-12-26-13-15-29/h2,4-5,8-11,17,21,26-28H,1,3,6-7,12-16,25H2. The molecular weight excluding hydrogens is 398 g/mol. The summed E-state index contributed by atoms with van der Waals surface area (Å²) in [5.74, 6) is 6.97. The number of allylic oxidation sites excluding steroid dienone is 2. The van der Waals surface area contributed by atoms with Crippen LogP contribution in [0.1, 0.15) is 37.3 Å². The number of hydrogen-bond acceptors (Lipinski definition) is 5. The highest BCUT2D eigenvalue weighted by atomic mass is 35.5. The van der Waals surface area contributed by atoms with Crippen molar-refractivity contribution in [3.8, 4) is 0 Å². The first-order valence-electron chi connectivity index (χ1n) is 11.0. The molecule has 1 aromatic carbocycles. The van der Waals surface area contributed by atoms with E-state index >= 15 is 0 Å². The molecule has 4 rings (SSSR count). The first-order valence-corrected chi connectivity index (χ1v) is 11.4. The molecule has 6 nitrogen and oxygen atoms in total. The quantitative estimate of drug-likeness (QED) is 0.376. The smallest absolute Gasteiger partial charge is 0.250 e. The third-order valence-electron chi connectivity index (χ3n) is 6.36. The third-order valence-corrected chi connectivity index (χ3v) is 6.62. The molecule has 1 aliphatic heterocycles. The molecule has 7 heteroatoms. The van der Waals surface area contributed by atoms with Crippen LogP contribution in [-0.2, 0) is 4.79 Å². The minimum atomic E-state index is -1.09. The fourth-order valence-electron chi connectivity index (χ4n) is 4.45. The van der Waals surface area contributed by atoms with Gasteiger partial charge >= 0.3 is 0 Å². The second-order valence-corrected chi connectivity index (χ2v) is 8.91. The Balaban J connectivity index is 1.78. The van der Waals surface area contributed by atoms with Crippen molar-refractivity contribution in [1.82, 2.24) is 21.0 Å². The molecule has 1 aromatic rings. The number of hydrazine groups is 1. The lowest BCUT2D eigenvalue weighted by atomic mass is 9.76. The van der Waals surface area contributed by atoms with Gasteiger partial charge < -0.3 is 15.5 Å². The lowest BCUT2D eigenvalue weighted by Crippen LogP contribution is -2.68. The number of carbonyl (C=O) groups excluding carboxylic acids is 1. The van der Waals surface area contributed by atoms with Crippen molar-refractivity contribution in [2.45, 2.75) is 37.3 Å². The zero-order valence-electron chi connectivity index (χ0n) is 17.4. The van der Waals surface area contributed by atoms with E-state index in [2.05, 4.69) is 34.3 Å². The zero-order chi connectivity index (χ0) is 21.0. The second kappa shape index (κ2) is 9.62. The van der Waals surface area contributed by atoms with Gasteiger partial charge in [-0.1, -0.05) is 42.0 Å². The average molecular weight is 430 g/mol. The minimum Gasteiger partial charge on any atom is -0.338 e. The molecule has 2 unspecified atom stereocenters. The number of hydrogen-bond donors (Lipinski definition) is 4. The van der Waals surface area contributed by atoms with Crippen molar-refractivity contribution in [2.75, 3.05) is 32.7 Å². The number of halogens is 1. The molecule has 3 aliphatic rings. The number of benzene rings is 1. The van der Waals surface area contributed by atoms with E-state index in [0.717, 1.165) is 43.6 Å². The van der Waals surface area contributed by atoms with Gasteiger partial charge in [-0.3, -0.25) is 10.6 Å². The molecule has 0 spiro atoms. The van der Waals surface area contributed by atoms with Crippen LogP contribution in [0.4, 0.5) is 0 Å². The molecule has 2 fully saturated rings. The Morgan fingerprint density at radius 2 is 1.97 bits per heavy atom. The predicted octanol–water partition coefficient (Wildman–Crippen LogP) is 2.29. The first-order chi connectivity index (χ1) is 14.6. The lowest BCUT2D eigenvalue weighted by molar-refractivity contribution is -0.138. The highest BCUT2D eigenvalue weighted by molar-refractivity contribution is 6.30. The van der Waals surface area contributed by atoms with Crippen molar-refractivity contribution < 1.29 is 4.79 Å². The molecule has 162 valence electrons. The monoisotopic (exact) mass is 429 g/mol. The Bertz CT molecular complexity index is 798. The van der Waals surface area contributed by atoms with E-state index in [4.69, 9.17) is 17.4 Å². The summed E-state index contributed by atoms with van der Waals surface area (Å²) in [6.45, 7) is 3.80. The Morgan fingerprint density at radius 3 is 2.57 bits per heavy atom. The van der Waals surface area contributed by atoms with Crippen LogP contribution in [0.15, 0.2) is 48.1 Å². The predicted molar refractivity (Wildman–Crippen MR) is 121 cm³/mol. The second-order valence-electron chi connectivity index (χ2n) is 8.47. The van der Waals surface area contributed by atoms with Gasteiger partial charge in [0.1, 0.15) is 0 Å². The van der Waals surface area contributed by atoms with Crippen LogP contribution >= 0.6 is 11.6 Å². The summed E-state index contributed by atoms with van der Waals surface area (Å²) in [6.07, 6.45) is 10.7. The van der Waals surface area contributed by atoms with Crippen molar-refractivity contribution in [2.24, 2.45) is 11.8 Å². The highest BCUT2D eigenvalue weighted by Gasteiger charge is 2.50. The molecule has 0 radical (unpaired) electrons. The number of carbonyl (C=O) groups is 1. The van der Waals surface area contributed by atoms with E-state index < -0.39 is 5.54 Å². The summed E-state index contributed by atoms with van der Waals surface area (Å²) in [6, 6.07) is 7.44. The molecule has 5 N–H and O–H groups in total. The maximum atomic E-state index is 14.1. The van der Waals surface area contributed by atoms with Gasteiger partial charge in [0.15, 0.2) is 5.54 Å². The number of nitrogens with zero attached hydrogens (tertiary/aromatic N) is 1. The lowest BCUT2D eigenvalue weighted by Gasteiger charge is -2.45. The van der Waals surface area contributed by atoms with Gasteiger partial charge in [-0.25, -0.2) is 5.43 Å². The van der Waals surface area contributed by atoms with Gasteiger partial charge in [-0.05, 0) is 61.4 Å². The average Bonchev–Trinajstić information content (AvgIpc) is 3.63. The van der Waals surface area contributed by atoms with Crippen LogP contribution < -0.4 is 21.9 Å². The fourth-order valence-corrected chi connectivity index (χ4v) is 4.57.